The Labute approximate surface area is 158 Å². The molecule has 1 aliphatic rings. The molecule has 25 heavy (non-hydrogen) atoms. The smallest absolute Gasteiger partial charge is 0.310 e. The summed E-state index contributed by atoms with van der Waals surface area (Å²) in [6.45, 7) is 4.77. The lowest BCUT2D eigenvalue weighted by atomic mass is 9.98. The van der Waals surface area contributed by atoms with Gasteiger partial charge in [-0.1, -0.05) is 23.2 Å². The van der Waals surface area contributed by atoms with Crippen molar-refractivity contribution in [1.29, 1.82) is 0 Å². The number of nitrogens with zero attached hydrogens (tertiary/aromatic N) is 2. The van der Waals surface area contributed by atoms with Crippen LogP contribution in [-0.2, 0) is 16.1 Å². The van der Waals surface area contributed by atoms with Gasteiger partial charge in [-0.15, -0.1) is 0 Å². The predicted octanol–water partition coefficient (Wildman–Crippen LogP) is 4.56. The first-order chi connectivity index (χ1) is 12.1. The number of ether oxygens (including phenoxy) is 1. The maximum atomic E-state index is 12.0. The number of esters is 1. The summed E-state index contributed by atoms with van der Waals surface area (Å²) in [5, 5.41) is 1.24. The minimum Gasteiger partial charge on any atom is -0.466 e. The van der Waals surface area contributed by atoms with Crippen LogP contribution in [0.2, 0.25) is 10.0 Å². The van der Waals surface area contributed by atoms with Crippen LogP contribution in [0.5, 0.6) is 0 Å². The van der Waals surface area contributed by atoms with E-state index >= 15 is 0 Å². The molecule has 1 atom stereocenters. The van der Waals surface area contributed by atoms with E-state index in [1.54, 1.807) is 6.07 Å². The molecule has 2 heterocycles. The third-order valence-electron chi connectivity index (χ3n) is 4.51. The van der Waals surface area contributed by atoms with Crippen molar-refractivity contribution >= 4 is 29.2 Å². The zero-order chi connectivity index (χ0) is 17.8. The van der Waals surface area contributed by atoms with Crippen molar-refractivity contribution in [2.24, 2.45) is 5.92 Å². The van der Waals surface area contributed by atoms with Gasteiger partial charge in [0.1, 0.15) is 0 Å². The molecule has 1 aliphatic heterocycles. The number of likely N-dealkylation sites (tertiary alicyclic amines) is 1. The number of benzene rings is 1. The van der Waals surface area contributed by atoms with E-state index < -0.39 is 0 Å². The number of hydrogen-bond donors (Lipinski definition) is 0. The molecule has 0 amide bonds. The topological polar surface area (TPSA) is 34.5 Å². The lowest BCUT2D eigenvalue weighted by molar-refractivity contribution is -0.150. The summed E-state index contributed by atoms with van der Waals surface area (Å²) in [6.07, 6.45) is 3.91. The summed E-state index contributed by atoms with van der Waals surface area (Å²) in [6, 6.07) is 9.60. The third kappa shape index (κ3) is 4.38. The SMILES string of the molecule is CCOC(=O)C1CCCN(Cc2cccn2-c2ccc(Cl)cc2Cl)C1. The molecule has 2 aromatic rings. The lowest BCUT2D eigenvalue weighted by Gasteiger charge is -2.31. The van der Waals surface area contributed by atoms with E-state index in [-0.39, 0.29) is 11.9 Å². The van der Waals surface area contributed by atoms with Crippen molar-refractivity contribution in [1.82, 2.24) is 9.47 Å². The first-order valence-corrected chi connectivity index (χ1v) is 9.34. The highest BCUT2D eigenvalue weighted by Gasteiger charge is 2.27. The molecule has 3 rings (SSSR count). The maximum Gasteiger partial charge on any atom is 0.310 e. The highest BCUT2D eigenvalue weighted by atomic mass is 35.5. The summed E-state index contributed by atoms with van der Waals surface area (Å²) in [5.41, 5.74) is 2.04. The summed E-state index contributed by atoms with van der Waals surface area (Å²) < 4.78 is 7.26. The molecule has 0 radical (unpaired) electrons. The number of aromatic nitrogens is 1. The van der Waals surface area contributed by atoms with Gasteiger partial charge in [0.05, 0.1) is 23.2 Å². The van der Waals surface area contributed by atoms with E-state index in [4.69, 9.17) is 27.9 Å². The van der Waals surface area contributed by atoms with Gasteiger partial charge in [0.25, 0.3) is 0 Å². The van der Waals surface area contributed by atoms with Crippen molar-refractivity contribution in [2.75, 3.05) is 19.7 Å². The van der Waals surface area contributed by atoms with Gasteiger partial charge in [-0.25, -0.2) is 0 Å². The fraction of sp³-hybridized carbons (Fsp3) is 0.421. The monoisotopic (exact) mass is 380 g/mol. The minimum atomic E-state index is -0.0803. The quantitative estimate of drug-likeness (QED) is 0.713. The number of hydrogen-bond acceptors (Lipinski definition) is 3. The Hall–Kier alpha value is -1.49. The molecular formula is C19H22Cl2N2O2. The van der Waals surface area contributed by atoms with Crippen molar-refractivity contribution in [3.05, 3.63) is 52.3 Å². The fourth-order valence-corrected chi connectivity index (χ4v) is 3.84. The molecule has 1 aromatic heterocycles. The summed E-state index contributed by atoms with van der Waals surface area (Å²) >= 11 is 12.4. The van der Waals surface area contributed by atoms with Gasteiger partial charge in [-0.3, -0.25) is 9.69 Å². The van der Waals surface area contributed by atoms with Gasteiger partial charge < -0.3 is 9.30 Å². The zero-order valence-corrected chi connectivity index (χ0v) is 15.8. The minimum absolute atomic E-state index is 0.0313. The van der Waals surface area contributed by atoms with Gasteiger partial charge in [-0.2, -0.15) is 0 Å². The first-order valence-electron chi connectivity index (χ1n) is 8.59. The second-order valence-corrected chi connectivity index (χ2v) is 7.14. The van der Waals surface area contributed by atoms with Crippen LogP contribution in [0.3, 0.4) is 0 Å². The highest BCUT2D eigenvalue weighted by molar-refractivity contribution is 6.35. The second kappa shape index (κ2) is 8.26. The molecule has 1 fully saturated rings. The lowest BCUT2D eigenvalue weighted by Crippen LogP contribution is -2.39. The van der Waals surface area contributed by atoms with E-state index in [1.165, 1.54) is 0 Å². The Balaban J connectivity index is 1.74. The zero-order valence-electron chi connectivity index (χ0n) is 14.3. The highest BCUT2D eigenvalue weighted by Crippen LogP contribution is 2.27. The Morgan fingerprint density at radius 2 is 2.16 bits per heavy atom. The van der Waals surface area contributed by atoms with Crippen molar-refractivity contribution < 1.29 is 9.53 Å². The van der Waals surface area contributed by atoms with Crippen LogP contribution in [0.4, 0.5) is 0 Å². The van der Waals surface area contributed by atoms with Crippen LogP contribution >= 0.6 is 23.2 Å². The van der Waals surface area contributed by atoms with Gasteiger partial charge in [0.15, 0.2) is 0 Å². The fourth-order valence-electron chi connectivity index (χ4n) is 3.34. The molecule has 6 heteroatoms. The Morgan fingerprint density at radius 3 is 2.92 bits per heavy atom. The number of halogens is 2. The number of carbonyl (C=O) groups is 1. The summed E-state index contributed by atoms with van der Waals surface area (Å²) in [5.74, 6) is -0.112. The van der Waals surface area contributed by atoms with Gasteiger partial charge in [-0.05, 0) is 56.6 Å². The van der Waals surface area contributed by atoms with Crippen LogP contribution in [0.1, 0.15) is 25.5 Å². The molecule has 0 N–H and O–H groups in total. The summed E-state index contributed by atoms with van der Waals surface area (Å²) in [7, 11) is 0. The Kier molecular flexibility index (Phi) is 6.05. The van der Waals surface area contributed by atoms with Crippen LogP contribution in [0, 0.1) is 5.92 Å². The van der Waals surface area contributed by atoms with E-state index in [9.17, 15) is 4.79 Å². The average Bonchev–Trinajstić information content (AvgIpc) is 3.03. The molecule has 1 unspecified atom stereocenters. The van der Waals surface area contributed by atoms with Crippen molar-refractivity contribution in [3.63, 3.8) is 0 Å². The average molecular weight is 381 g/mol. The van der Waals surface area contributed by atoms with Gasteiger partial charge in [0.2, 0.25) is 0 Å². The number of piperidine rings is 1. The van der Waals surface area contributed by atoms with Crippen molar-refractivity contribution in [3.8, 4) is 5.69 Å². The van der Waals surface area contributed by atoms with Gasteiger partial charge >= 0.3 is 5.97 Å². The normalized spacial score (nSPS) is 18.3. The Bertz CT molecular complexity index is 745. The largest absolute Gasteiger partial charge is 0.466 e. The molecule has 4 nitrogen and oxygen atoms in total. The predicted molar refractivity (Wildman–Crippen MR) is 100 cm³/mol. The van der Waals surface area contributed by atoms with Crippen LogP contribution in [0.25, 0.3) is 5.69 Å². The molecule has 0 spiro atoms. The van der Waals surface area contributed by atoms with E-state index in [0.717, 1.165) is 43.9 Å². The molecule has 1 saturated heterocycles. The first kappa shape index (κ1) is 18.3. The molecular weight excluding hydrogens is 359 g/mol. The third-order valence-corrected chi connectivity index (χ3v) is 5.05. The van der Waals surface area contributed by atoms with Crippen LogP contribution in [0.15, 0.2) is 36.5 Å². The Morgan fingerprint density at radius 1 is 1.32 bits per heavy atom. The standard InChI is InChI=1S/C19H22Cl2N2O2/c1-2-25-19(24)14-5-3-9-22(12-14)13-16-6-4-10-23(16)18-8-7-15(20)11-17(18)21/h4,6-8,10-11,14H,2-3,5,9,12-13H2,1H3. The maximum absolute atomic E-state index is 12.0. The molecule has 1 aromatic carbocycles. The van der Waals surface area contributed by atoms with Crippen LogP contribution in [-0.4, -0.2) is 35.1 Å². The molecule has 0 saturated carbocycles. The second-order valence-electron chi connectivity index (χ2n) is 6.29. The van der Waals surface area contributed by atoms with E-state index in [2.05, 4.69) is 15.5 Å². The molecule has 0 aliphatic carbocycles. The summed E-state index contributed by atoms with van der Waals surface area (Å²) in [4.78, 5) is 14.3. The van der Waals surface area contributed by atoms with Crippen molar-refractivity contribution in [2.45, 2.75) is 26.3 Å². The number of rotatable bonds is 5. The van der Waals surface area contributed by atoms with Crippen LogP contribution < -0.4 is 0 Å². The number of carbonyl (C=O) groups excluding carboxylic acids is 1. The molecule has 0 bridgehead atoms. The van der Waals surface area contributed by atoms with Gasteiger partial charge in [0, 0.05) is 30.0 Å². The van der Waals surface area contributed by atoms with E-state index in [0.29, 0.717) is 16.7 Å². The molecule has 134 valence electrons. The van der Waals surface area contributed by atoms with E-state index in [1.807, 2.05) is 31.3 Å².